The van der Waals surface area contributed by atoms with Crippen LogP contribution in [-0.4, -0.2) is 27.4 Å². The Kier molecular flexibility index (Phi) is 5.95. The summed E-state index contributed by atoms with van der Waals surface area (Å²) in [6.07, 6.45) is 0.992. The fourth-order valence-corrected chi connectivity index (χ4v) is 2.12. The van der Waals surface area contributed by atoms with E-state index in [0.717, 1.165) is 12.2 Å². The average molecular weight is 302 g/mol. The summed E-state index contributed by atoms with van der Waals surface area (Å²) >= 11 is 0. The van der Waals surface area contributed by atoms with Gasteiger partial charge in [0.2, 0.25) is 5.75 Å². The summed E-state index contributed by atoms with van der Waals surface area (Å²) in [6, 6.07) is 13.6. The molecule has 0 radical (unpaired) electrons. The van der Waals surface area contributed by atoms with Gasteiger partial charge in [0, 0.05) is 0 Å². The van der Waals surface area contributed by atoms with Crippen molar-refractivity contribution < 1.29 is 18.9 Å². The van der Waals surface area contributed by atoms with Gasteiger partial charge in [0.15, 0.2) is 11.5 Å². The molecule has 22 heavy (non-hydrogen) atoms. The van der Waals surface area contributed by atoms with E-state index in [1.54, 1.807) is 14.2 Å². The highest BCUT2D eigenvalue weighted by Crippen LogP contribution is 2.36. The molecule has 0 unspecified atom stereocenters. The molecule has 0 amide bonds. The van der Waals surface area contributed by atoms with E-state index >= 15 is 0 Å². The van der Waals surface area contributed by atoms with E-state index in [4.69, 9.17) is 18.9 Å². The molecular formula is C18H22O4. The van der Waals surface area contributed by atoms with Crippen LogP contribution in [0.2, 0.25) is 0 Å². The number of ether oxygens (including phenoxy) is 4. The van der Waals surface area contributed by atoms with E-state index < -0.39 is 0 Å². The molecule has 0 atom stereocenters. The molecule has 0 saturated heterocycles. The van der Waals surface area contributed by atoms with Crippen LogP contribution < -0.4 is 18.9 Å². The van der Waals surface area contributed by atoms with E-state index in [2.05, 4.69) is 13.0 Å². The Morgan fingerprint density at radius 3 is 2.09 bits per heavy atom. The molecule has 0 bridgehead atoms. The molecule has 0 saturated carbocycles. The average Bonchev–Trinajstić information content (AvgIpc) is 2.58. The second kappa shape index (κ2) is 8.17. The van der Waals surface area contributed by atoms with Crippen molar-refractivity contribution in [2.75, 3.05) is 27.4 Å². The first-order valence-corrected chi connectivity index (χ1v) is 7.34. The Morgan fingerprint density at radius 1 is 0.818 bits per heavy atom. The third kappa shape index (κ3) is 4.07. The Labute approximate surface area is 131 Å². The number of benzene rings is 2. The van der Waals surface area contributed by atoms with Gasteiger partial charge in [0.1, 0.15) is 19.0 Å². The molecule has 0 aliphatic carbocycles. The van der Waals surface area contributed by atoms with Crippen molar-refractivity contribution in [2.45, 2.75) is 13.3 Å². The second-order valence-electron chi connectivity index (χ2n) is 4.69. The van der Waals surface area contributed by atoms with E-state index in [9.17, 15) is 0 Å². The highest BCUT2D eigenvalue weighted by molar-refractivity contribution is 5.51. The van der Waals surface area contributed by atoms with Gasteiger partial charge in [-0.3, -0.25) is 0 Å². The first-order chi connectivity index (χ1) is 10.8. The lowest BCUT2D eigenvalue weighted by molar-refractivity contribution is 0.205. The summed E-state index contributed by atoms with van der Waals surface area (Å²) in [5.41, 5.74) is 1.25. The standard InChI is InChI=1S/C18H22O4/c1-4-14-7-5-8-15(13-14)21-11-12-22-18-16(19-2)9-6-10-17(18)20-3/h5-10,13H,4,11-12H2,1-3H3. The van der Waals surface area contributed by atoms with Gasteiger partial charge < -0.3 is 18.9 Å². The Morgan fingerprint density at radius 2 is 1.45 bits per heavy atom. The first-order valence-electron chi connectivity index (χ1n) is 7.34. The van der Waals surface area contributed by atoms with Gasteiger partial charge in [-0.2, -0.15) is 0 Å². The molecule has 0 fully saturated rings. The number of rotatable bonds is 8. The molecule has 0 spiro atoms. The molecule has 0 aliphatic heterocycles. The van der Waals surface area contributed by atoms with Crippen LogP contribution in [0.5, 0.6) is 23.0 Å². The van der Waals surface area contributed by atoms with Gasteiger partial charge in [-0.05, 0) is 36.2 Å². The maximum atomic E-state index is 5.75. The zero-order chi connectivity index (χ0) is 15.8. The monoisotopic (exact) mass is 302 g/mol. The molecule has 2 rings (SSSR count). The van der Waals surface area contributed by atoms with Crippen LogP contribution >= 0.6 is 0 Å². The lowest BCUT2D eigenvalue weighted by atomic mass is 10.2. The summed E-state index contributed by atoms with van der Waals surface area (Å²) in [6.45, 7) is 2.98. The minimum absolute atomic E-state index is 0.410. The normalized spacial score (nSPS) is 10.1. The molecular weight excluding hydrogens is 280 g/mol. The van der Waals surface area contributed by atoms with Gasteiger partial charge in [0.05, 0.1) is 14.2 Å². The van der Waals surface area contributed by atoms with E-state index in [-0.39, 0.29) is 0 Å². The van der Waals surface area contributed by atoms with Crippen molar-refractivity contribution in [2.24, 2.45) is 0 Å². The van der Waals surface area contributed by atoms with Crippen LogP contribution in [0, 0.1) is 0 Å². The number of para-hydroxylation sites is 1. The minimum atomic E-state index is 0.410. The third-order valence-corrected chi connectivity index (χ3v) is 3.29. The van der Waals surface area contributed by atoms with Crippen LogP contribution in [0.15, 0.2) is 42.5 Å². The van der Waals surface area contributed by atoms with Gasteiger partial charge in [-0.25, -0.2) is 0 Å². The number of aryl methyl sites for hydroxylation is 1. The van der Waals surface area contributed by atoms with Crippen molar-refractivity contribution in [3.8, 4) is 23.0 Å². The van der Waals surface area contributed by atoms with Crippen LogP contribution in [0.3, 0.4) is 0 Å². The number of methoxy groups -OCH3 is 2. The van der Waals surface area contributed by atoms with Crippen LogP contribution in [0.25, 0.3) is 0 Å². The van der Waals surface area contributed by atoms with E-state index in [1.807, 2.05) is 36.4 Å². The third-order valence-electron chi connectivity index (χ3n) is 3.29. The molecule has 4 nitrogen and oxygen atoms in total. The van der Waals surface area contributed by atoms with E-state index in [0.29, 0.717) is 30.5 Å². The largest absolute Gasteiger partial charge is 0.493 e. The number of hydrogen-bond acceptors (Lipinski definition) is 4. The van der Waals surface area contributed by atoms with E-state index in [1.165, 1.54) is 5.56 Å². The summed E-state index contributed by atoms with van der Waals surface area (Å²) < 4.78 is 22.0. The number of hydrogen-bond donors (Lipinski definition) is 0. The molecule has 0 aromatic heterocycles. The fraction of sp³-hybridized carbons (Fsp3) is 0.333. The van der Waals surface area contributed by atoms with Gasteiger partial charge >= 0.3 is 0 Å². The maximum Gasteiger partial charge on any atom is 0.203 e. The van der Waals surface area contributed by atoms with Crippen LogP contribution in [-0.2, 0) is 6.42 Å². The molecule has 4 heteroatoms. The minimum Gasteiger partial charge on any atom is -0.493 e. The van der Waals surface area contributed by atoms with Crippen molar-refractivity contribution in [1.82, 2.24) is 0 Å². The topological polar surface area (TPSA) is 36.9 Å². The predicted molar refractivity (Wildman–Crippen MR) is 86.4 cm³/mol. The smallest absolute Gasteiger partial charge is 0.203 e. The molecule has 0 N–H and O–H groups in total. The fourth-order valence-electron chi connectivity index (χ4n) is 2.12. The Balaban J connectivity index is 1.91. The molecule has 2 aromatic carbocycles. The van der Waals surface area contributed by atoms with Crippen molar-refractivity contribution >= 4 is 0 Å². The summed E-state index contributed by atoms with van der Waals surface area (Å²) in [5, 5.41) is 0. The predicted octanol–water partition coefficient (Wildman–Crippen LogP) is 3.72. The van der Waals surface area contributed by atoms with Gasteiger partial charge in [-0.1, -0.05) is 25.1 Å². The van der Waals surface area contributed by atoms with Gasteiger partial charge in [-0.15, -0.1) is 0 Å². The van der Waals surface area contributed by atoms with Crippen molar-refractivity contribution in [1.29, 1.82) is 0 Å². The molecule has 2 aromatic rings. The van der Waals surface area contributed by atoms with Crippen LogP contribution in [0.4, 0.5) is 0 Å². The van der Waals surface area contributed by atoms with Gasteiger partial charge in [0.25, 0.3) is 0 Å². The highest BCUT2D eigenvalue weighted by atomic mass is 16.6. The quantitative estimate of drug-likeness (QED) is 0.696. The summed E-state index contributed by atoms with van der Waals surface area (Å²) in [5.74, 6) is 2.74. The molecule has 118 valence electrons. The highest BCUT2D eigenvalue weighted by Gasteiger charge is 2.10. The second-order valence-corrected chi connectivity index (χ2v) is 4.69. The van der Waals surface area contributed by atoms with Crippen LogP contribution in [0.1, 0.15) is 12.5 Å². The zero-order valence-corrected chi connectivity index (χ0v) is 13.3. The zero-order valence-electron chi connectivity index (χ0n) is 13.3. The molecule has 0 heterocycles. The Hall–Kier alpha value is -2.36. The lowest BCUT2D eigenvalue weighted by Crippen LogP contribution is -2.10. The first kappa shape index (κ1) is 16.0. The molecule has 0 aliphatic rings. The lowest BCUT2D eigenvalue weighted by Gasteiger charge is -2.14. The SMILES string of the molecule is CCc1cccc(OCCOc2c(OC)cccc2OC)c1. The summed E-state index contributed by atoms with van der Waals surface area (Å²) in [7, 11) is 3.21. The summed E-state index contributed by atoms with van der Waals surface area (Å²) in [4.78, 5) is 0. The maximum absolute atomic E-state index is 5.75. The Bertz CT molecular complexity index is 573. The van der Waals surface area contributed by atoms with Crippen molar-refractivity contribution in [3.63, 3.8) is 0 Å². The van der Waals surface area contributed by atoms with Crippen molar-refractivity contribution in [3.05, 3.63) is 48.0 Å².